The number of amides is 3. The van der Waals surface area contributed by atoms with E-state index in [0.717, 1.165) is 5.56 Å². The maximum atomic E-state index is 12.5. The van der Waals surface area contributed by atoms with E-state index < -0.39 is 36.6 Å². The molecule has 0 fully saturated rings. The molecule has 160 valence electrons. The molecular formula is C20H21BrClN3O5. The minimum absolute atomic E-state index is 0.000848. The maximum Gasteiger partial charge on any atom is 0.408 e. The number of ether oxygens (including phenoxy) is 1. The van der Waals surface area contributed by atoms with Gasteiger partial charge < -0.3 is 26.2 Å². The molecule has 10 heteroatoms. The Bertz CT molecular complexity index is 897. The van der Waals surface area contributed by atoms with Gasteiger partial charge in [0, 0.05) is 15.9 Å². The second kappa shape index (κ2) is 11.5. The second-order valence-electron chi connectivity index (χ2n) is 6.34. The Morgan fingerprint density at radius 3 is 2.43 bits per heavy atom. The number of benzene rings is 2. The van der Waals surface area contributed by atoms with Crippen LogP contribution in [0.25, 0.3) is 0 Å². The highest BCUT2D eigenvalue weighted by molar-refractivity contribution is 9.10. The first-order valence-electron chi connectivity index (χ1n) is 8.92. The van der Waals surface area contributed by atoms with Crippen molar-refractivity contribution in [2.75, 3.05) is 6.61 Å². The van der Waals surface area contributed by atoms with Gasteiger partial charge in [-0.15, -0.1) is 0 Å². The fraction of sp³-hybridized carbons (Fsp3) is 0.250. The molecule has 2 rings (SSSR count). The van der Waals surface area contributed by atoms with E-state index in [1.165, 1.54) is 0 Å². The van der Waals surface area contributed by atoms with Crippen molar-refractivity contribution in [3.63, 3.8) is 0 Å². The van der Waals surface area contributed by atoms with Crippen LogP contribution in [0.1, 0.15) is 11.1 Å². The zero-order valence-corrected chi connectivity index (χ0v) is 18.2. The fourth-order valence-electron chi connectivity index (χ4n) is 2.52. The van der Waals surface area contributed by atoms with Gasteiger partial charge in [0.2, 0.25) is 11.8 Å². The number of nitrogens with one attached hydrogen (secondary N) is 2. The Hall–Kier alpha value is -2.62. The number of hydrogen-bond acceptors (Lipinski definition) is 5. The molecule has 0 aliphatic carbocycles. The lowest BCUT2D eigenvalue weighted by atomic mass is 10.0. The third-order valence-corrected chi connectivity index (χ3v) is 5.10. The molecule has 0 aromatic heterocycles. The predicted molar refractivity (Wildman–Crippen MR) is 115 cm³/mol. The molecule has 8 nitrogen and oxygen atoms in total. The molecule has 5 N–H and O–H groups in total. The third-order valence-electron chi connectivity index (χ3n) is 4.10. The second-order valence-corrected chi connectivity index (χ2v) is 7.64. The number of rotatable bonds is 9. The van der Waals surface area contributed by atoms with Crippen molar-refractivity contribution >= 4 is 45.4 Å². The van der Waals surface area contributed by atoms with Gasteiger partial charge in [0.1, 0.15) is 18.7 Å². The molecule has 2 aromatic rings. The van der Waals surface area contributed by atoms with Crippen molar-refractivity contribution in [3.05, 3.63) is 69.2 Å². The zero-order chi connectivity index (χ0) is 22.1. The van der Waals surface area contributed by atoms with Crippen molar-refractivity contribution in [2.24, 2.45) is 5.73 Å². The number of hydrogen-bond donors (Lipinski definition) is 4. The monoisotopic (exact) mass is 497 g/mol. The van der Waals surface area contributed by atoms with Gasteiger partial charge in [-0.3, -0.25) is 9.59 Å². The van der Waals surface area contributed by atoms with Gasteiger partial charge >= 0.3 is 6.09 Å². The number of nitrogens with two attached hydrogens (primary N) is 1. The van der Waals surface area contributed by atoms with Gasteiger partial charge in [-0.2, -0.15) is 0 Å². The third kappa shape index (κ3) is 7.33. The highest BCUT2D eigenvalue weighted by atomic mass is 79.9. The Labute approximate surface area is 186 Å². The van der Waals surface area contributed by atoms with Crippen LogP contribution in [0, 0.1) is 0 Å². The van der Waals surface area contributed by atoms with Crippen LogP contribution >= 0.6 is 27.5 Å². The van der Waals surface area contributed by atoms with Crippen LogP contribution in [-0.2, 0) is 27.4 Å². The summed E-state index contributed by atoms with van der Waals surface area (Å²) in [5.74, 6) is -1.56. The van der Waals surface area contributed by atoms with Crippen LogP contribution in [0.5, 0.6) is 0 Å². The average Bonchev–Trinajstić information content (AvgIpc) is 2.73. The Morgan fingerprint density at radius 2 is 1.80 bits per heavy atom. The Morgan fingerprint density at radius 1 is 1.10 bits per heavy atom. The summed E-state index contributed by atoms with van der Waals surface area (Å²) in [6, 6.07) is 11.6. The summed E-state index contributed by atoms with van der Waals surface area (Å²) in [6.45, 7) is -0.697. The molecule has 3 amide bonds. The summed E-state index contributed by atoms with van der Waals surface area (Å²) in [5, 5.41) is 14.6. The molecule has 0 aliphatic rings. The van der Waals surface area contributed by atoms with Gasteiger partial charge in [0.15, 0.2) is 0 Å². The summed E-state index contributed by atoms with van der Waals surface area (Å²) in [5.41, 5.74) is 6.82. The number of carbonyl (C=O) groups excluding carboxylic acids is 3. The van der Waals surface area contributed by atoms with Gasteiger partial charge in [0.25, 0.3) is 0 Å². The summed E-state index contributed by atoms with van der Waals surface area (Å²) >= 11 is 9.32. The molecule has 0 heterocycles. The summed E-state index contributed by atoms with van der Waals surface area (Å²) in [6.07, 6.45) is -0.819. The molecule has 0 saturated heterocycles. The van der Waals surface area contributed by atoms with E-state index in [9.17, 15) is 19.5 Å². The minimum atomic E-state index is -1.32. The lowest BCUT2D eigenvalue weighted by Crippen LogP contribution is -2.55. The lowest BCUT2D eigenvalue weighted by Gasteiger charge is -2.21. The van der Waals surface area contributed by atoms with Crippen molar-refractivity contribution in [3.8, 4) is 0 Å². The molecule has 0 unspecified atom stereocenters. The molecule has 0 radical (unpaired) electrons. The van der Waals surface area contributed by atoms with Crippen LogP contribution in [0.15, 0.2) is 53.0 Å². The van der Waals surface area contributed by atoms with Crippen LogP contribution in [-0.4, -0.2) is 41.7 Å². The number of aliphatic hydroxyl groups excluding tert-OH is 1. The van der Waals surface area contributed by atoms with E-state index in [1.807, 2.05) is 6.07 Å². The van der Waals surface area contributed by atoms with Crippen LogP contribution in [0.3, 0.4) is 0 Å². The predicted octanol–water partition coefficient (Wildman–Crippen LogP) is 1.90. The smallest absolute Gasteiger partial charge is 0.408 e. The number of halogens is 2. The van der Waals surface area contributed by atoms with Crippen molar-refractivity contribution in [1.29, 1.82) is 0 Å². The molecular weight excluding hydrogens is 478 g/mol. The normalized spacial score (nSPS) is 12.5. The van der Waals surface area contributed by atoms with Gasteiger partial charge in [-0.05, 0) is 29.3 Å². The topological polar surface area (TPSA) is 131 Å². The van der Waals surface area contributed by atoms with Crippen LogP contribution in [0.4, 0.5) is 4.79 Å². The number of aliphatic hydroxyl groups is 1. The molecule has 0 spiro atoms. The molecule has 2 atom stereocenters. The molecule has 0 aliphatic heterocycles. The van der Waals surface area contributed by atoms with Crippen LogP contribution < -0.4 is 16.4 Å². The van der Waals surface area contributed by atoms with E-state index in [0.29, 0.717) is 15.1 Å². The van der Waals surface area contributed by atoms with Crippen molar-refractivity contribution in [1.82, 2.24) is 10.6 Å². The summed E-state index contributed by atoms with van der Waals surface area (Å²) in [7, 11) is 0. The van der Waals surface area contributed by atoms with E-state index in [1.54, 1.807) is 42.5 Å². The van der Waals surface area contributed by atoms with Crippen LogP contribution in [0.2, 0.25) is 5.02 Å². The van der Waals surface area contributed by atoms with E-state index >= 15 is 0 Å². The van der Waals surface area contributed by atoms with E-state index in [-0.39, 0.29) is 13.0 Å². The standard InChI is InChI=1S/C20H21BrClN3O5/c21-15-7-6-14(22)8-13(15)9-16(18(23)27)24-19(28)17(10-26)25-20(29)30-11-12-4-2-1-3-5-12/h1-8,16-17,26H,9-11H2,(H2,23,27)(H,24,28)(H,25,29)/t16-,17-/m0/s1. The Kier molecular flexibility index (Phi) is 9.10. The minimum Gasteiger partial charge on any atom is -0.445 e. The first-order valence-corrected chi connectivity index (χ1v) is 10.1. The van der Waals surface area contributed by atoms with Crippen molar-refractivity contribution < 1.29 is 24.2 Å². The van der Waals surface area contributed by atoms with E-state index in [2.05, 4.69) is 26.6 Å². The quantitative estimate of drug-likeness (QED) is 0.419. The molecule has 0 saturated carbocycles. The molecule has 2 aromatic carbocycles. The van der Waals surface area contributed by atoms with E-state index in [4.69, 9.17) is 22.1 Å². The number of primary amides is 1. The number of carbonyl (C=O) groups is 3. The van der Waals surface area contributed by atoms with Gasteiger partial charge in [-0.25, -0.2) is 4.79 Å². The van der Waals surface area contributed by atoms with Crippen molar-refractivity contribution in [2.45, 2.75) is 25.1 Å². The highest BCUT2D eigenvalue weighted by Gasteiger charge is 2.26. The molecule has 30 heavy (non-hydrogen) atoms. The average molecular weight is 499 g/mol. The largest absolute Gasteiger partial charge is 0.445 e. The SMILES string of the molecule is NC(=O)[C@H](Cc1cc(Cl)ccc1Br)NC(=O)[C@H](CO)NC(=O)OCc1ccccc1. The van der Waals surface area contributed by atoms with Gasteiger partial charge in [0.05, 0.1) is 6.61 Å². The first-order chi connectivity index (χ1) is 14.3. The van der Waals surface area contributed by atoms with Gasteiger partial charge in [-0.1, -0.05) is 57.9 Å². The highest BCUT2D eigenvalue weighted by Crippen LogP contribution is 2.22. The fourth-order valence-corrected chi connectivity index (χ4v) is 3.12. The molecule has 0 bridgehead atoms. The maximum absolute atomic E-state index is 12.5. The summed E-state index contributed by atoms with van der Waals surface area (Å²) in [4.78, 5) is 36.2. The number of alkyl carbamates (subject to hydrolysis) is 1. The first kappa shape index (κ1) is 23.7. The zero-order valence-electron chi connectivity index (χ0n) is 15.8. The Balaban J connectivity index is 1.96. The lowest BCUT2D eigenvalue weighted by molar-refractivity contribution is -0.129. The summed E-state index contributed by atoms with van der Waals surface area (Å²) < 4.78 is 5.72.